The zero-order chi connectivity index (χ0) is 17.6. The van der Waals surface area contributed by atoms with Crippen molar-refractivity contribution in [2.24, 2.45) is 0 Å². The number of carbonyl (C=O) groups is 1. The number of amides is 1. The molecule has 0 spiro atoms. The van der Waals surface area contributed by atoms with Crippen LogP contribution in [0.25, 0.3) is 0 Å². The van der Waals surface area contributed by atoms with Crippen LogP contribution in [0, 0.1) is 11.3 Å². The zero-order valence-electron chi connectivity index (χ0n) is 13.4. The SMILES string of the molecule is C[C@@H](OC[C@@H]1CCCCO1)C(=O)NS(=O)(=O)c1cccc(C#N)c1. The fourth-order valence-corrected chi connectivity index (χ4v) is 3.36. The standard InChI is InChI=1S/C16H20N2O5S/c1-12(23-11-14-6-2-3-8-22-14)16(19)18-24(20,21)15-7-4-5-13(9-15)10-17/h4-5,7,9,12,14H,2-3,6,8,11H2,1H3,(H,18,19)/t12-,14+/m1/s1. The third-order valence-electron chi connectivity index (χ3n) is 3.68. The topological polar surface area (TPSA) is 105 Å². The quantitative estimate of drug-likeness (QED) is 0.828. The van der Waals surface area contributed by atoms with Crippen LogP contribution in [0.4, 0.5) is 0 Å². The molecule has 1 N–H and O–H groups in total. The molecule has 0 saturated carbocycles. The Bertz CT molecular complexity index is 720. The summed E-state index contributed by atoms with van der Waals surface area (Å²) >= 11 is 0. The molecule has 8 heteroatoms. The summed E-state index contributed by atoms with van der Waals surface area (Å²) in [5.41, 5.74) is 0.198. The number of nitriles is 1. The third-order valence-corrected chi connectivity index (χ3v) is 5.03. The summed E-state index contributed by atoms with van der Waals surface area (Å²) in [7, 11) is -4.04. The van der Waals surface area contributed by atoms with E-state index in [-0.39, 0.29) is 23.2 Å². The minimum absolute atomic E-state index is 0.0575. The molecule has 130 valence electrons. The van der Waals surface area contributed by atoms with E-state index in [0.29, 0.717) is 6.61 Å². The molecule has 7 nitrogen and oxygen atoms in total. The molecule has 2 atom stereocenters. The minimum Gasteiger partial charge on any atom is -0.376 e. The Hall–Kier alpha value is -1.95. The Labute approximate surface area is 141 Å². The number of nitrogens with zero attached hydrogens (tertiary/aromatic N) is 1. The monoisotopic (exact) mass is 352 g/mol. The lowest BCUT2D eigenvalue weighted by Crippen LogP contribution is -2.40. The van der Waals surface area contributed by atoms with Gasteiger partial charge in [-0.05, 0) is 44.4 Å². The van der Waals surface area contributed by atoms with Gasteiger partial charge in [0.05, 0.1) is 29.2 Å². The highest BCUT2D eigenvalue weighted by atomic mass is 32.2. The fourth-order valence-electron chi connectivity index (χ4n) is 2.27. The van der Waals surface area contributed by atoms with Crippen LogP contribution in [0.5, 0.6) is 0 Å². The predicted molar refractivity (Wildman–Crippen MR) is 85.5 cm³/mol. The predicted octanol–water partition coefficient (Wildman–Crippen LogP) is 1.34. The van der Waals surface area contributed by atoms with E-state index in [1.165, 1.54) is 31.2 Å². The lowest BCUT2D eigenvalue weighted by Gasteiger charge is -2.23. The molecule has 1 heterocycles. The molecule has 0 bridgehead atoms. The maximum Gasteiger partial charge on any atom is 0.264 e. The van der Waals surface area contributed by atoms with E-state index in [9.17, 15) is 13.2 Å². The van der Waals surface area contributed by atoms with E-state index in [1.807, 2.05) is 10.8 Å². The number of rotatable bonds is 6. The highest BCUT2D eigenvalue weighted by Gasteiger charge is 2.24. The van der Waals surface area contributed by atoms with Gasteiger partial charge in [-0.15, -0.1) is 0 Å². The number of carbonyl (C=O) groups excluding carboxylic acids is 1. The van der Waals surface area contributed by atoms with Gasteiger partial charge in [-0.25, -0.2) is 13.1 Å². The van der Waals surface area contributed by atoms with Crippen molar-refractivity contribution in [3.63, 3.8) is 0 Å². The Morgan fingerprint density at radius 1 is 1.50 bits per heavy atom. The summed E-state index contributed by atoms with van der Waals surface area (Å²) in [5.74, 6) is -0.756. The van der Waals surface area contributed by atoms with Crippen LogP contribution in [0.3, 0.4) is 0 Å². The first-order valence-electron chi connectivity index (χ1n) is 7.72. The summed E-state index contributed by atoms with van der Waals surface area (Å²) < 4.78 is 37.3. The largest absolute Gasteiger partial charge is 0.376 e. The van der Waals surface area contributed by atoms with Gasteiger partial charge in [0.2, 0.25) is 0 Å². The van der Waals surface area contributed by atoms with Crippen molar-refractivity contribution in [1.29, 1.82) is 5.26 Å². The van der Waals surface area contributed by atoms with Crippen LogP contribution in [0.15, 0.2) is 29.2 Å². The normalized spacial score (nSPS) is 19.2. The zero-order valence-corrected chi connectivity index (χ0v) is 14.2. The molecule has 1 amide bonds. The Kier molecular flexibility index (Phi) is 6.31. The average molecular weight is 352 g/mol. The number of hydrogen-bond donors (Lipinski definition) is 1. The lowest BCUT2D eigenvalue weighted by molar-refractivity contribution is -0.133. The molecule has 0 radical (unpaired) electrons. The van der Waals surface area contributed by atoms with Gasteiger partial charge in [-0.3, -0.25) is 4.79 Å². The van der Waals surface area contributed by atoms with E-state index in [1.54, 1.807) is 0 Å². The first-order chi connectivity index (χ1) is 11.4. The second kappa shape index (κ2) is 8.24. The van der Waals surface area contributed by atoms with Crippen LogP contribution < -0.4 is 4.72 Å². The van der Waals surface area contributed by atoms with Crippen molar-refractivity contribution >= 4 is 15.9 Å². The number of ether oxygens (including phenoxy) is 2. The Morgan fingerprint density at radius 3 is 2.96 bits per heavy atom. The molecule has 2 rings (SSSR count). The molecule has 24 heavy (non-hydrogen) atoms. The number of hydrogen-bond acceptors (Lipinski definition) is 6. The second-order valence-electron chi connectivity index (χ2n) is 5.57. The van der Waals surface area contributed by atoms with Crippen molar-refractivity contribution in [1.82, 2.24) is 4.72 Å². The maximum absolute atomic E-state index is 12.2. The average Bonchev–Trinajstić information content (AvgIpc) is 2.60. The molecule has 0 aliphatic carbocycles. The summed E-state index contributed by atoms with van der Waals surface area (Å²) in [6.45, 7) is 2.41. The lowest BCUT2D eigenvalue weighted by atomic mass is 10.1. The van der Waals surface area contributed by atoms with Gasteiger partial charge in [-0.2, -0.15) is 5.26 Å². The summed E-state index contributed by atoms with van der Waals surface area (Å²) in [6, 6.07) is 7.30. The first kappa shape index (κ1) is 18.4. The van der Waals surface area contributed by atoms with Crippen LogP contribution in [-0.4, -0.2) is 39.7 Å². The minimum atomic E-state index is -4.04. The van der Waals surface area contributed by atoms with Gasteiger partial charge in [0, 0.05) is 6.61 Å². The molecule has 0 unspecified atom stereocenters. The molecule has 0 aromatic heterocycles. The summed E-state index contributed by atoms with van der Waals surface area (Å²) in [4.78, 5) is 11.9. The molecule has 1 aliphatic rings. The van der Waals surface area contributed by atoms with E-state index in [2.05, 4.69) is 0 Å². The molecular weight excluding hydrogens is 332 g/mol. The highest BCUT2D eigenvalue weighted by molar-refractivity contribution is 7.90. The van der Waals surface area contributed by atoms with Crippen molar-refractivity contribution < 1.29 is 22.7 Å². The molecule has 1 aliphatic heterocycles. The molecule has 1 fully saturated rings. The number of sulfonamides is 1. The summed E-state index contributed by atoms with van der Waals surface area (Å²) in [5, 5.41) is 8.83. The Balaban J connectivity index is 1.92. The van der Waals surface area contributed by atoms with Crippen molar-refractivity contribution in [3.05, 3.63) is 29.8 Å². The van der Waals surface area contributed by atoms with E-state index in [4.69, 9.17) is 14.7 Å². The third kappa shape index (κ3) is 5.03. The molecular formula is C16H20N2O5S. The van der Waals surface area contributed by atoms with Gasteiger partial charge < -0.3 is 9.47 Å². The van der Waals surface area contributed by atoms with Gasteiger partial charge in [0.15, 0.2) is 0 Å². The van der Waals surface area contributed by atoms with E-state index < -0.39 is 22.0 Å². The van der Waals surface area contributed by atoms with Crippen molar-refractivity contribution in [2.75, 3.05) is 13.2 Å². The van der Waals surface area contributed by atoms with Gasteiger partial charge >= 0.3 is 0 Å². The van der Waals surface area contributed by atoms with Gasteiger partial charge in [-0.1, -0.05) is 6.07 Å². The smallest absolute Gasteiger partial charge is 0.264 e. The van der Waals surface area contributed by atoms with Gasteiger partial charge in [0.1, 0.15) is 6.10 Å². The number of nitrogens with one attached hydrogen (secondary N) is 1. The van der Waals surface area contributed by atoms with Crippen molar-refractivity contribution in [2.45, 2.75) is 43.3 Å². The van der Waals surface area contributed by atoms with Crippen molar-refractivity contribution in [3.8, 4) is 6.07 Å². The summed E-state index contributed by atoms with van der Waals surface area (Å²) in [6.07, 6.45) is 1.96. The first-order valence-corrected chi connectivity index (χ1v) is 9.21. The molecule has 1 saturated heterocycles. The van der Waals surface area contributed by atoms with E-state index >= 15 is 0 Å². The van der Waals surface area contributed by atoms with Crippen LogP contribution in [0.2, 0.25) is 0 Å². The highest BCUT2D eigenvalue weighted by Crippen LogP contribution is 2.14. The van der Waals surface area contributed by atoms with E-state index in [0.717, 1.165) is 19.3 Å². The van der Waals surface area contributed by atoms with Crippen LogP contribution >= 0.6 is 0 Å². The van der Waals surface area contributed by atoms with Crippen LogP contribution in [-0.2, 0) is 24.3 Å². The maximum atomic E-state index is 12.2. The van der Waals surface area contributed by atoms with Crippen LogP contribution in [0.1, 0.15) is 31.7 Å². The Morgan fingerprint density at radius 2 is 2.29 bits per heavy atom. The molecule has 1 aromatic carbocycles. The number of benzene rings is 1. The fraction of sp³-hybridized carbons (Fsp3) is 0.500. The second-order valence-corrected chi connectivity index (χ2v) is 7.26. The molecule has 1 aromatic rings. The van der Waals surface area contributed by atoms with Gasteiger partial charge in [0.25, 0.3) is 15.9 Å².